The van der Waals surface area contributed by atoms with E-state index < -0.39 is 5.60 Å². The molecule has 5 aliphatic rings. The Bertz CT molecular complexity index is 564. The SMILES string of the molecule is CC(C)(O)C1C2COC3C2OC1C3OC(=O)C1CC2C=CC1C2. The molecule has 0 aromatic rings. The molecule has 4 bridgehead atoms. The van der Waals surface area contributed by atoms with Crippen LogP contribution < -0.4 is 0 Å². The zero-order chi connectivity index (χ0) is 15.9. The van der Waals surface area contributed by atoms with E-state index in [2.05, 4.69) is 12.2 Å². The van der Waals surface area contributed by atoms with Crippen molar-refractivity contribution >= 4 is 5.97 Å². The Labute approximate surface area is 136 Å². The average Bonchev–Trinajstić information content (AvgIpc) is 3.22. The molecule has 0 aromatic carbocycles. The van der Waals surface area contributed by atoms with E-state index in [9.17, 15) is 9.90 Å². The summed E-state index contributed by atoms with van der Waals surface area (Å²) in [6.07, 6.45) is 5.59. The third-order valence-corrected chi connectivity index (χ3v) is 6.65. The minimum atomic E-state index is -0.859. The molecule has 2 aliphatic carbocycles. The number of esters is 1. The molecule has 3 aliphatic heterocycles. The van der Waals surface area contributed by atoms with Crippen LogP contribution in [0.2, 0.25) is 0 Å². The number of carbonyl (C=O) groups excluding carboxylic acids is 1. The summed E-state index contributed by atoms with van der Waals surface area (Å²) in [7, 11) is 0. The quantitative estimate of drug-likeness (QED) is 0.627. The van der Waals surface area contributed by atoms with E-state index in [1.165, 1.54) is 0 Å². The van der Waals surface area contributed by atoms with Gasteiger partial charge >= 0.3 is 5.97 Å². The van der Waals surface area contributed by atoms with Crippen LogP contribution in [0.1, 0.15) is 26.7 Å². The van der Waals surface area contributed by atoms with Gasteiger partial charge in [-0.2, -0.15) is 0 Å². The van der Waals surface area contributed by atoms with E-state index in [1.807, 2.05) is 13.8 Å². The fourth-order valence-corrected chi connectivity index (χ4v) is 5.74. The predicted molar refractivity (Wildman–Crippen MR) is 80.4 cm³/mol. The number of rotatable bonds is 3. The molecule has 5 heteroatoms. The van der Waals surface area contributed by atoms with Gasteiger partial charge in [-0.25, -0.2) is 0 Å². The van der Waals surface area contributed by atoms with Gasteiger partial charge in [-0.1, -0.05) is 12.2 Å². The number of aliphatic hydroxyl groups is 1. The fourth-order valence-electron chi connectivity index (χ4n) is 5.74. The third-order valence-electron chi connectivity index (χ3n) is 6.65. The molecule has 126 valence electrons. The van der Waals surface area contributed by atoms with E-state index in [0.717, 1.165) is 12.8 Å². The van der Waals surface area contributed by atoms with E-state index >= 15 is 0 Å². The van der Waals surface area contributed by atoms with Crippen LogP contribution in [-0.2, 0) is 19.0 Å². The Morgan fingerprint density at radius 1 is 1.22 bits per heavy atom. The second kappa shape index (κ2) is 4.58. The molecule has 9 unspecified atom stereocenters. The first-order valence-electron chi connectivity index (χ1n) is 8.82. The highest BCUT2D eigenvalue weighted by atomic mass is 16.6. The molecule has 23 heavy (non-hydrogen) atoms. The van der Waals surface area contributed by atoms with Crippen molar-refractivity contribution in [3.05, 3.63) is 12.2 Å². The van der Waals surface area contributed by atoms with Gasteiger partial charge < -0.3 is 19.3 Å². The van der Waals surface area contributed by atoms with E-state index in [4.69, 9.17) is 14.2 Å². The highest BCUT2D eigenvalue weighted by molar-refractivity contribution is 5.74. The summed E-state index contributed by atoms with van der Waals surface area (Å²) < 4.78 is 17.8. The summed E-state index contributed by atoms with van der Waals surface area (Å²) in [6, 6.07) is 0. The van der Waals surface area contributed by atoms with Gasteiger partial charge in [-0.05, 0) is 38.5 Å². The lowest BCUT2D eigenvalue weighted by atomic mass is 9.71. The predicted octanol–water partition coefficient (Wildman–Crippen LogP) is 1.29. The lowest BCUT2D eigenvalue weighted by Gasteiger charge is -2.37. The summed E-state index contributed by atoms with van der Waals surface area (Å²) in [6.45, 7) is 4.22. The molecule has 0 amide bonds. The summed E-state index contributed by atoms with van der Waals surface area (Å²) in [5.74, 6) is 0.945. The van der Waals surface area contributed by atoms with E-state index in [0.29, 0.717) is 18.4 Å². The molecule has 5 nitrogen and oxygen atoms in total. The molecule has 0 aromatic heterocycles. The molecule has 0 radical (unpaired) electrons. The Morgan fingerprint density at radius 3 is 2.70 bits per heavy atom. The Hall–Kier alpha value is -0.910. The minimum absolute atomic E-state index is 0.0121. The minimum Gasteiger partial charge on any atom is -0.456 e. The van der Waals surface area contributed by atoms with Gasteiger partial charge in [-0.3, -0.25) is 4.79 Å². The van der Waals surface area contributed by atoms with Crippen LogP contribution in [0.3, 0.4) is 0 Å². The van der Waals surface area contributed by atoms with Crippen LogP contribution in [0, 0.1) is 29.6 Å². The van der Waals surface area contributed by atoms with Crippen molar-refractivity contribution in [1.29, 1.82) is 0 Å². The van der Waals surface area contributed by atoms with Gasteiger partial charge in [0, 0.05) is 11.8 Å². The lowest BCUT2D eigenvalue weighted by Crippen LogP contribution is -2.52. The molecule has 9 atom stereocenters. The number of hydrogen-bond acceptors (Lipinski definition) is 5. The molecule has 1 N–H and O–H groups in total. The van der Waals surface area contributed by atoms with Crippen molar-refractivity contribution in [3.8, 4) is 0 Å². The maximum absolute atomic E-state index is 12.7. The van der Waals surface area contributed by atoms with Gasteiger partial charge in [0.25, 0.3) is 0 Å². The van der Waals surface area contributed by atoms with Gasteiger partial charge in [0.1, 0.15) is 12.2 Å². The fraction of sp³-hybridized carbons (Fsp3) is 0.833. The van der Waals surface area contributed by atoms with Gasteiger partial charge in [-0.15, -0.1) is 0 Å². The summed E-state index contributed by atoms with van der Waals surface area (Å²) in [5, 5.41) is 10.5. The highest BCUT2D eigenvalue weighted by Crippen LogP contribution is 2.54. The molecule has 0 spiro atoms. The van der Waals surface area contributed by atoms with Gasteiger partial charge in [0.2, 0.25) is 0 Å². The van der Waals surface area contributed by atoms with Crippen molar-refractivity contribution in [2.75, 3.05) is 6.61 Å². The van der Waals surface area contributed by atoms with Crippen LogP contribution in [0.5, 0.6) is 0 Å². The van der Waals surface area contributed by atoms with Crippen LogP contribution in [0.15, 0.2) is 12.2 Å². The van der Waals surface area contributed by atoms with Crippen molar-refractivity contribution in [1.82, 2.24) is 0 Å². The maximum Gasteiger partial charge on any atom is 0.310 e. The topological polar surface area (TPSA) is 65.0 Å². The Kier molecular flexibility index (Phi) is 2.88. The molecule has 1 saturated carbocycles. The molecule has 3 heterocycles. The zero-order valence-electron chi connectivity index (χ0n) is 13.6. The number of carbonyl (C=O) groups is 1. The van der Waals surface area contributed by atoms with E-state index in [1.54, 1.807) is 0 Å². The second-order valence-corrected chi connectivity index (χ2v) is 8.49. The normalized spacial score (nSPS) is 52.6. The summed E-state index contributed by atoms with van der Waals surface area (Å²) in [4.78, 5) is 12.7. The molecular formula is C18H24O5. The number of allylic oxidation sites excluding steroid dienone is 2. The number of hydrogen-bond donors (Lipinski definition) is 1. The van der Waals surface area contributed by atoms with Crippen molar-refractivity contribution in [3.63, 3.8) is 0 Å². The molecule has 4 fully saturated rings. The van der Waals surface area contributed by atoms with Crippen LogP contribution in [-0.4, -0.2) is 47.7 Å². The second-order valence-electron chi connectivity index (χ2n) is 8.49. The van der Waals surface area contributed by atoms with Crippen LogP contribution >= 0.6 is 0 Å². The van der Waals surface area contributed by atoms with Gasteiger partial charge in [0.15, 0.2) is 6.10 Å². The third kappa shape index (κ3) is 1.93. The van der Waals surface area contributed by atoms with E-state index in [-0.39, 0.29) is 48.1 Å². The number of fused-ring (bicyclic) bond motifs is 3. The monoisotopic (exact) mass is 320 g/mol. The standard InChI is InChI=1S/C18H24O5/c1-18(2,20)12-11-7-21-15-13(11)22-14(12)16(15)23-17(19)10-6-8-3-4-9(10)5-8/h3-4,8-16,20H,5-7H2,1-2H3. The van der Waals surface area contributed by atoms with Crippen LogP contribution in [0.4, 0.5) is 0 Å². The Balaban J connectivity index is 1.35. The van der Waals surface area contributed by atoms with Crippen molar-refractivity contribution in [2.45, 2.75) is 56.7 Å². The number of ether oxygens (including phenoxy) is 3. The summed E-state index contributed by atoms with van der Waals surface area (Å²) >= 11 is 0. The largest absolute Gasteiger partial charge is 0.456 e. The molecule has 5 rings (SSSR count). The van der Waals surface area contributed by atoms with Crippen molar-refractivity contribution < 1.29 is 24.1 Å². The molecule has 3 saturated heterocycles. The summed E-state index contributed by atoms with van der Waals surface area (Å²) in [5.41, 5.74) is -0.859. The van der Waals surface area contributed by atoms with Crippen molar-refractivity contribution in [2.24, 2.45) is 29.6 Å². The first kappa shape index (κ1) is 14.4. The smallest absolute Gasteiger partial charge is 0.310 e. The highest BCUT2D eigenvalue weighted by Gasteiger charge is 2.68. The van der Waals surface area contributed by atoms with Crippen LogP contribution in [0.25, 0.3) is 0 Å². The Morgan fingerprint density at radius 2 is 2.04 bits per heavy atom. The zero-order valence-corrected chi connectivity index (χ0v) is 13.6. The maximum atomic E-state index is 12.7. The first-order chi connectivity index (χ1) is 10.9. The first-order valence-corrected chi connectivity index (χ1v) is 8.82. The molecular weight excluding hydrogens is 296 g/mol. The average molecular weight is 320 g/mol. The van der Waals surface area contributed by atoms with Gasteiger partial charge in [0.05, 0.1) is 24.2 Å². The lowest BCUT2D eigenvalue weighted by molar-refractivity contribution is -0.165.